The lowest BCUT2D eigenvalue weighted by molar-refractivity contribution is -0.134. The Labute approximate surface area is 165 Å². The molecule has 8 nitrogen and oxygen atoms in total. The lowest BCUT2D eigenvalue weighted by Gasteiger charge is -2.09. The van der Waals surface area contributed by atoms with Gasteiger partial charge in [0.25, 0.3) is 0 Å². The Morgan fingerprint density at radius 1 is 1.19 bits per heavy atom. The van der Waals surface area contributed by atoms with Crippen molar-refractivity contribution < 1.29 is 19.8 Å². The molecule has 0 fully saturated rings. The summed E-state index contributed by atoms with van der Waals surface area (Å²) in [5.41, 5.74) is 6.40. The smallest absolute Gasteiger partial charge is 0.328 e. The van der Waals surface area contributed by atoms with E-state index in [1.165, 1.54) is 0 Å². The summed E-state index contributed by atoms with van der Waals surface area (Å²) < 4.78 is 0. The van der Waals surface area contributed by atoms with Gasteiger partial charge in [-0.3, -0.25) is 0 Å². The number of thiocarbonyl (C=S) groups is 1. The molecule has 0 aliphatic carbocycles. The SMILES string of the molecule is CC(C)NC(=S)/N=C(\N)Nc1ccc(Cl)c(Cl)c1.O=C(O)/C=C\C(=O)O. The number of carbonyl (C=O) groups is 2. The normalized spacial score (nSPS) is 10.9. The van der Waals surface area contributed by atoms with Crippen LogP contribution in [0.1, 0.15) is 13.8 Å². The molecule has 0 aromatic heterocycles. The number of rotatable bonds is 4. The Hall–Kier alpha value is -2.36. The van der Waals surface area contributed by atoms with Gasteiger partial charge in [-0.05, 0) is 44.3 Å². The predicted molar refractivity (Wildman–Crippen MR) is 107 cm³/mol. The van der Waals surface area contributed by atoms with Crippen molar-refractivity contribution in [3.8, 4) is 0 Å². The summed E-state index contributed by atoms with van der Waals surface area (Å²) in [6.07, 6.45) is 1.12. The highest BCUT2D eigenvalue weighted by molar-refractivity contribution is 7.80. The van der Waals surface area contributed by atoms with Crippen LogP contribution in [0, 0.1) is 0 Å². The first-order chi connectivity index (χ1) is 12.0. The zero-order chi connectivity index (χ0) is 20.3. The fourth-order valence-electron chi connectivity index (χ4n) is 1.28. The average molecular weight is 421 g/mol. The van der Waals surface area contributed by atoms with Gasteiger partial charge in [0.05, 0.1) is 10.0 Å². The standard InChI is InChI=1S/C11H14Cl2N4S.C4H4O4/c1-6(2)15-11(18)17-10(14)16-7-3-4-8(12)9(13)5-7;5-3(6)1-2-4(7)8/h3-6H,1-2H3,(H4,14,15,16,17,18);1-2H,(H,5,6)(H,7,8)/b;2-1-. The van der Waals surface area contributed by atoms with E-state index in [2.05, 4.69) is 15.6 Å². The number of nitrogens with two attached hydrogens (primary N) is 1. The third kappa shape index (κ3) is 12.1. The number of nitrogens with zero attached hydrogens (tertiary/aromatic N) is 1. The number of benzene rings is 1. The second-order valence-electron chi connectivity index (χ2n) is 4.86. The maximum Gasteiger partial charge on any atom is 0.328 e. The third-order valence-electron chi connectivity index (χ3n) is 2.19. The number of hydrogen-bond donors (Lipinski definition) is 5. The summed E-state index contributed by atoms with van der Waals surface area (Å²) in [5, 5.41) is 22.7. The highest BCUT2D eigenvalue weighted by atomic mass is 35.5. The molecule has 1 aromatic carbocycles. The first-order valence-electron chi connectivity index (χ1n) is 7.02. The summed E-state index contributed by atoms with van der Waals surface area (Å²) in [5.74, 6) is -2.33. The predicted octanol–water partition coefficient (Wildman–Crippen LogP) is 2.71. The minimum absolute atomic E-state index is 0.187. The number of carboxylic acid groups (broad SMARTS) is 2. The number of halogens is 2. The molecule has 26 heavy (non-hydrogen) atoms. The fraction of sp³-hybridized carbons (Fsp3) is 0.200. The molecule has 1 aromatic rings. The van der Waals surface area contributed by atoms with E-state index < -0.39 is 11.9 Å². The highest BCUT2D eigenvalue weighted by Gasteiger charge is 2.02. The van der Waals surface area contributed by atoms with Crippen LogP contribution in [0.3, 0.4) is 0 Å². The van der Waals surface area contributed by atoms with Crippen LogP contribution < -0.4 is 16.4 Å². The van der Waals surface area contributed by atoms with E-state index in [9.17, 15) is 9.59 Å². The minimum Gasteiger partial charge on any atom is -0.478 e. The van der Waals surface area contributed by atoms with E-state index in [1.807, 2.05) is 13.8 Å². The van der Waals surface area contributed by atoms with Crippen molar-refractivity contribution in [3.63, 3.8) is 0 Å². The molecule has 11 heteroatoms. The number of carboxylic acids is 2. The monoisotopic (exact) mass is 420 g/mol. The van der Waals surface area contributed by atoms with E-state index in [4.69, 9.17) is 51.4 Å². The summed E-state index contributed by atoms with van der Waals surface area (Å²) in [4.78, 5) is 23.1. The quantitative estimate of drug-likeness (QED) is 0.217. The summed E-state index contributed by atoms with van der Waals surface area (Å²) in [7, 11) is 0. The number of anilines is 1. The van der Waals surface area contributed by atoms with Crippen molar-refractivity contribution in [2.45, 2.75) is 19.9 Å². The van der Waals surface area contributed by atoms with E-state index in [-0.39, 0.29) is 12.0 Å². The van der Waals surface area contributed by atoms with Gasteiger partial charge in [-0.2, -0.15) is 4.99 Å². The number of aliphatic carboxylic acids is 2. The molecule has 0 bridgehead atoms. The lowest BCUT2D eigenvalue weighted by atomic mass is 10.3. The number of hydrogen-bond acceptors (Lipinski definition) is 3. The van der Waals surface area contributed by atoms with Gasteiger partial charge in [0, 0.05) is 23.9 Å². The molecule has 0 unspecified atom stereocenters. The molecule has 0 aliphatic rings. The van der Waals surface area contributed by atoms with Crippen LogP contribution in [0.2, 0.25) is 10.0 Å². The Morgan fingerprint density at radius 2 is 1.73 bits per heavy atom. The second kappa shape index (κ2) is 12.1. The maximum absolute atomic E-state index is 9.55. The molecule has 142 valence electrons. The molecule has 0 amide bonds. The molecule has 0 saturated heterocycles. The van der Waals surface area contributed by atoms with E-state index in [0.717, 1.165) is 0 Å². The zero-order valence-corrected chi connectivity index (χ0v) is 16.2. The number of guanidine groups is 1. The van der Waals surface area contributed by atoms with Gasteiger partial charge in [-0.25, -0.2) is 9.59 Å². The average Bonchev–Trinajstić information content (AvgIpc) is 2.48. The van der Waals surface area contributed by atoms with Crippen molar-refractivity contribution in [3.05, 3.63) is 40.4 Å². The van der Waals surface area contributed by atoms with Gasteiger partial charge >= 0.3 is 11.9 Å². The Bertz CT molecular complexity index is 708. The summed E-state index contributed by atoms with van der Waals surface area (Å²) in [6.45, 7) is 3.93. The number of aliphatic imine (C=N–C) groups is 1. The topological polar surface area (TPSA) is 137 Å². The van der Waals surface area contributed by atoms with Crippen molar-refractivity contribution in [1.82, 2.24) is 5.32 Å². The van der Waals surface area contributed by atoms with Crippen LogP contribution in [0.5, 0.6) is 0 Å². The molecule has 1 rings (SSSR count). The summed E-state index contributed by atoms with van der Waals surface area (Å²) >= 11 is 16.7. The summed E-state index contributed by atoms with van der Waals surface area (Å²) in [6, 6.07) is 5.28. The molecule has 0 atom stereocenters. The molecule has 0 aliphatic heterocycles. The van der Waals surface area contributed by atoms with E-state index in [0.29, 0.717) is 33.0 Å². The van der Waals surface area contributed by atoms with Gasteiger partial charge in [-0.15, -0.1) is 0 Å². The third-order valence-corrected chi connectivity index (χ3v) is 3.14. The molecule has 0 spiro atoms. The zero-order valence-electron chi connectivity index (χ0n) is 13.9. The van der Waals surface area contributed by atoms with Crippen LogP contribution in [-0.2, 0) is 9.59 Å². The Morgan fingerprint density at radius 3 is 2.15 bits per heavy atom. The van der Waals surface area contributed by atoms with Crippen molar-refractivity contribution in [2.24, 2.45) is 10.7 Å². The van der Waals surface area contributed by atoms with Gasteiger partial charge in [0.1, 0.15) is 0 Å². The van der Waals surface area contributed by atoms with Crippen molar-refractivity contribution in [1.29, 1.82) is 0 Å². The lowest BCUT2D eigenvalue weighted by Crippen LogP contribution is -2.31. The van der Waals surface area contributed by atoms with Crippen molar-refractivity contribution >= 4 is 64.1 Å². The second-order valence-corrected chi connectivity index (χ2v) is 6.07. The minimum atomic E-state index is -1.26. The van der Waals surface area contributed by atoms with Gasteiger partial charge in [-0.1, -0.05) is 23.2 Å². The molecule has 6 N–H and O–H groups in total. The van der Waals surface area contributed by atoms with Crippen LogP contribution >= 0.6 is 35.4 Å². The van der Waals surface area contributed by atoms with Crippen LogP contribution in [0.15, 0.2) is 35.3 Å². The molecule has 0 heterocycles. The van der Waals surface area contributed by atoms with Gasteiger partial charge in [0.2, 0.25) is 5.96 Å². The van der Waals surface area contributed by atoms with Crippen LogP contribution in [0.25, 0.3) is 0 Å². The Balaban J connectivity index is 0.000000660. The fourth-order valence-corrected chi connectivity index (χ4v) is 1.91. The molecule has 0 radical (unpaired) electrons. The van der Waals surface area contributed by atoms with E-state index >= 15 is 0 Å². The van der Waals surface area contributed by atoms with Gasteiger partial charge < -0.3 is 26.6 Å². The largest absolute Gasteiger partial charge is 0.478 e. The van der Waals surface area contributed by atoms with Crippen LogP contribution in [0.4, 0.5) is 5.69 Å². The highest BCUT2D eigenvalue weighted by Crippen LogP contribution is 2.24. The molecular weight excluding hydrogens is 403 g/mol. The van der Waals surface area contributed by atoms with Gasteiger partial charge in [0.15, 0.2) is 5.11 Å². The van der Waals surface area contributed by atoms with Crippen molar-refractivity contribution in [2.75, 3.05) is 5.32 Å². The first kappa shape index (κ1) is 23.6. The molecular formula is C15H18Cl2N4O4S. The number of nitrogens with one attached hydrogen (secondary N) is 2. The molecule has 0 saturated carbocycles. The van der Waals surface area contributed by atoms with Crippen LogP contribution in [-0.4, -0.2) is 39.3 Å². The van der Waals surface area contributed by atoms with E-state index in [1.54, 1.807) is 18.2 Å². The first-order valence-corrected chi connectivity index (χ1v) is 8.18. The maximum atomic E-state index is 9.55. The Kier molecular flexibility index (Phi) is 11.0.